The van der Waals surface area contributed by atoms with Crippen molar-refractivity contribution in [2.45, 2.75) is 6.61 Å². The Balaban J connectivity index is 2.28. The van der Waals surface area contributed by atoms with Gasteiger partial charge in [-0.25, -0.2) is 0 Å². The van der Waals surface area contributed by atoms with E-state index in [0.717, 1.165) is 10.2 Å². The van der Waals surface area contributed by atoms with Crippen molar-refractivity contribution in [1.82, 2.24) is 0 Å². The summed E-state index contributed by atoms with van der Waals surface area (Å²) in [6.45, 7) is 1.32. The maximum atomic E-state index is 5.46. The van der Waals surface area contributed by atoms with Crippen LogP contribution in [0.15, 0.2) is 36.4 Å². The topological polar surface area (TPSA) is 18.5 Å². The lowest BCUT2D eigenvalue weighted by molar-refractivity contribution is 0.148. The number of hydrogen-bond donors (Lipinski definition) is 0. The van der Waals surface area contributed by atoms with Gasteiger partial charge in [-0.15, -0.1) is 0 Å². The molecule has 15 heavy (non-hydrogen) atoms. The molecule has 1 aromatic carbocycles. The Morgan fingerprint density at radius 3 is 2.53 bits per heavy atom. The van der Waals surface area contributed by atoms with E-state index in [1.807, 2.05) is 30.3 Å². The molecular formula is C12H15IO2. The molecule has 0 saturated carbocycles. The Morgan fingerprint density at radius 2 is 1.93 bits per heavy atom. The van der Waals surface area contributed by atoms with E-state index in [1.165, 1.54) is 5.56 Å². The molecule has 0 radical (unpaired) electrons. The van der Waals surface area contributed by atoms with Gasteiger partial charge in [0, 0.05) is 4.43 Å². The third-order valence-electron chi connectivity index (χ3n) is 1.90. The second-order valence-corrected chi connectivity index (χ2v) is 3.87. The molecule has 0 heterocycles. The predicted octanol–water partition coefficient (Wildman–Crippen LogP) is 3.20. The molecule has 1 aromatic rings. The van der Waals surface area contributed by atoms with E-state index < -0.39 is 0 Å². The maximum Gasteiger partial charge on any atom is 0.118 e. The van der Waals surface area contributed by atoms with Crippen LogP contribution in [0.3, 0.4) is 0 Å². The van der Waals surface area contributed by atoms with Gasteiger partial charge in [0.2, 0.25) is 0 Å². The van der Waals surface area contributed by atoms with Crippen molar-refractivity contribution in [2.24, 2.45) is 0 Å². The van der Waals surface area contributed by atoms with Crippen molar-refractivity contribution in [3.8, 4) is 5.75 Å². The Morgan fingerprint density at radius 1 is 1.20 bits per heavy atom. The van der Waals surface area contributed by atoms with Crippen LogP contribution in [-0.4, -0.2) is 18.1 Å². The molecular weight excluding hydrogens is 303 g/mol. The fourth-order valence-corrected chi connectivity index (χ4v) is 1.46. The molecule has 0 saturated heterocycles. The number of halogens is 1. The highest BCUT2D eigenvalue weighted by Crippen LogP contribution is 2.11. The smallest absolute Gasteiger partial charge is 0.118 e. The molecule has 0 aliphatic carbocycles. The summed E-state index contributed by atoms with van der Waals surface area (Å²) in [5, 5.41) is 0. The summed E-state index contributed by atoms with van der Waals surface area (Å²) >= 11 is 2.30. The molecule has 0 amide bonds. The van der Waals surface area contributed by atoms with Gasteiger partial charge >= 0.3 is 0 Å². The maximum absolute atomic E-state index is 5.46. The van der Waals surface area contributed by atoms with Gasteiger partial charge in [-0.2, -0.15) is 0 Å². The molecule has 0 atom stereocenters. The SMILES string of the molecule is COc1ccc(COC/C=C\CI)cc1. The molecule has 0 aromatic heterocycles. The fourth-order valence-electron chi connectivity index (χ4n) is 1.10. The van der Waals surface area contributed by atoms with Gasteiger partial charge in [0.05, 0.1) is 20.3 Å². The van der Waals surface area contributed by atoms with Gasteiger partial charge < -0.3 is 9.47 Å². The average Bonchev–Trinajstić information content (AvgIpc) is 2.30. The molecule has 1 rings (SSSR count). The molecule has 0 aliphatic heterocycles. The normalized spacial score (nSPS) is 10.8. The van der Waals surface area contributed by atoms with Crippen LogP contribution in [0.1, 0.15) is 5.56 Å². The zero-order valence-electron chi connectivity index (χ0n) is 8.78. The number of allylic oxidation sites excluding steroid dienone is 1. The van der Waals surface area contributed by atoms with Crippen molar-refractivity contribution in [3.63, 3.8) is 0 Å². The summed E-state index contributed by atoms with van der Waals surface area (Å²) in [4.78, 5) is 0. The van der Waals surface area contributed by atoms with E-state index in [2.05, 4.69) is 28.7 Å². The standard InChI is InChI=1S/C12H15IO2/c1-14-12-6-4-11(5-7-12)10-15-9-3-2-8-13/h2-7H,8-10H2,1H3/b3-2-. The molecule has 0 spiro atoms. The lowest BCUT2D eigenvalue weighted by Gasteiger charge is -2.03. The highest BCUT2D eigenvalue weighted by atomic mass is 127. The van der Waals surface area contributed by atoms with Crippen molar-refractivity contribution in [2.75, 3.05) is 18.1 Å². The van der Waals surface area contributed by atoms with Crippen molar-refractivity contribution < 1.29 is 9.47 Å². The fraction of sp³-hybridized carbons (Fsp3) is 0.333. The molecule has 0 N–H and O–H groups in total. The Kier molecular flexibility index (Phi) is 6.43. The van der Waals surface area contributed by atoms with Crippen LogP contribution in [0.25, 0.3) is 0 Å². The first-order valence-corrected chi connectivity index (χ1v) is 6.31. The summed E-state index contributed by atoms with van der Waals surface area (Å²) in [7, 11) is 1.67. The lowest BCUT2D eigenvalue weighted by Crippen LogP contribution is -1.93. The quantitative estimate of drug-likeness (QED) is 0.347. The molecule has 82 valence electrons. The van der Waals surface area contributed by atoms with Gasteiger partial charge in [-0.1, -0.05) is 46.9 Å². The monoisotopic (exact) mass is 318 g/mol. The molecule has 3 heteroatoms. The van der Waals surface area contributed by atoms with Crippen molar-refractivity contribution in [1.29, 1.82) is 0 Å². The molecule has 0 bridgehead atoms. The average molecular weight is 318 g/mol. The third kappa shape index (κ3) is 5.18. The van der Waals surface area contributed by atoms with E-state index in [-0.39, 0.29) is 0 Å². The zero-order valence-corrected chi connectivity index (χ0v) is 10.9. The van der Waals surface area contributed by atoms with E-state index in [0.29, 0.717) is 13.2 Å². The Hall–Kier alpha value is -0.550. The summed E-state index contributed by atoms with van der Waals surface area (Å²) < 4.78 is 11.6. The van der Waals surface area contributed by atoms with Crippen LogP contribution >= 0.6 is 22.6 Å². The van der Waals surface area contributed by atoms with Crippen LogP contribution in [-0.2, 0) is 11.3 Å². The zero-order chi connectivity index (χ0) is 10.9. The van der Waals surface area contributed by atoms with Crippen molar-refractivity contribution in [3.05, 3.63) is 42.0 Å². The van der Waals surface area contributed by atoms with E-state index in [9.17, 15) is 0 Å². The van der Waals surface area contributed by atoms with E-state index in [1.54, 1.807) is 7.11 Å². The largest absolute Gasteiger partial charge is 0.497 e. The minimum atomic E-state index is 0.648. The van der Waals surface area contributed by atoms with Crippen LogP contribution in [0.2, 0.25) is 0 Å². The second-order valence-electron chi connectivity index (χ2n) is 2.99. The van der Waals surface area contributed by atoms with Gasteiger partial charge in [-0.3, -0.25) is 0 Å². The van der Waals surface area contributed by atoms with Crippen LogP contribution in [0.4, 0.5) is 0 Å². The van der Waals surface area contributed by atoms with Crippen LogP contribution in [0.5, 0.6) is 5.75 Å². The number of rotatable bonds is 6. The number of alkyl halides is 1. The first kappa shape index (κ1) is 12.5. The number of hydrogen-bond acceptors (Lipinski definition) is 2. The Bertz CT molecular complexity index is 293. The minimum absolute atomic E-state index is 0.648. The number of ether oxygens (including phenoxy) is 2. The number of benzene rings is 1. The summed E-state index contributed by atoms with van der Waals surface area (Å²) in [6.07, 6.45) is 4.13. The van der Waals surface area contributed by atoms with Gasteiger partial charge in [0.25, 0.3) is 0 Å². The second kappa shape index (κ2) is 7.70. The molecule has 2 nitrogen and oxygen atoms in total. The molecule has 0 fully saturated rings. The lowest BCUT2D eigenvalue weighted by atomic mass is 10.2. The number of methoxy groups -OCH3 is 1. The first-order chi connectivity index (χ1) is 7.36. The van der Waals surface area contributed by atoms with Crippen LogP contribution < -0.4 is 4.74 Å². The summed E-state index contributed by atoms with van der Waals surface area (Å²) in [6, 6.07) is 7.92. The van der Waals surface area contributed by atoms with Crippen LogP contribution in [0, 0.1) is 0 Å². The first-order valence-electron chi connectivity index (χ1n) is 4.78. The summed E-state index contributed by atoms with van der Waals surface area (Å²) in [5.74, 6) is 0.878. The minimum Gasteiger partial charge on any atom is -0.497 e. The third-order valence-corrected chi connectivity index (χ3v) is 2.41. The molecule has 0 unspecified atom stereocenters. The van der Waals surface area contributed by atoms with E-state index >= 15 is 0 Å². The van der Waals surface area contributed by atoms with Gasteiger partial charge in [0.1, 0.15) is 5.75 Å². The van der Waals surface area contributed by atoms with E-state index in [4.69, 9.17) is 9.47 Å². The predicted molar refractivity (Wildman–Crippen MR) is 70.7 cm³/mol. The summed E-state index contributed by atoms with van der Waals surface area (Å²) in [5.41, 5.74) is 1.17. The van der Waals surface area contributed by atoms with Gasteiger partial charge in [0.15, 0.2) is 0 Å². The Labute approximate surface area is 104 Å². The van der Waals surface area contributed by atoms with Crippen molar-refractivity contribution >= 4 is 22.6 Å². The highest BCUT2D eigenvalue weighted by molar-refractivity contribution is 14.1. The highest BCUT2D eigenvalue weighted by Gasteiger charge is 1.93. The van der Waals surface area contributed by atoms with Gasteiger partial charge in [-0.05, 0) is 17.7 Å². The molecule has 0 aliphatic rings.